The molecule has 1 atom stereocenters. The second-order valence-electron chi connectivity index (χ2n) is 5.15. The van der Waals surface area contributed by atoms with Gasteiger partial charge in [-0.05, 0) is 31.7 Å². The minimum Gasteiger partial charge on any atom is -0.380 e. The van der Waals surface area contributed by atoms with Crippen LogP contribution in [0.4, 0.5) is 0 Å². The molecule has 0 aromatic rings. The van der Waals surface area contributed by atoms with Crippen LogP contribution < -0.4 is 10.6 Å². The van der Waals surface area contributed by atoms with Crippen molar-refractivity contribution in [3.63, 3.8) is 0 Å². The zero-order valence-corrected chi connectivity index (χ0v) is 10.9. The highest BCUT2D eigenvalue weighted by Crippen LogP contribution is 2.05. The van der Waals surface area contributed by atoms with E-state index < -0.39 is 0 Å². The molecule has 0 aliphatic carbocycles. The summed E-state index contributed by atoms with van der Waals surface area (Å²) in [6.45, 7) is 9.48. The minimum absolute atomic E-state index is 0.685. The van der Waals surface area contributed by atoms with Gasteiger partial charge < -0.3 is 15.4 Å². The van der Waals surface area contributed by atoms with Crippen molar-refractivity contribution in [2.45, 2.75) is 45.6 Å². The number of hydrogen-bond acceptors (Lipinski definition) is 3. The van der Waals surface area contributed by atoms with Crippen molar-refractivity contribution in [2.75, 3.05) is 32.8 Å². The Hall–Kier alpha value is -0.120. The molecule has 16 heavy (non-hydrogen) atoms. The second-order valence-corrected chi connectivity index (χ2v) is 5.15. The van der Waals surface area contributed by atoms with E-state index in [1.54, 1.807) is 0 Å². The zero-order chi connectivity index (χ0) is 11.6. The molecule has 1 saturated heterocycles. The summed E-state index contributed by atoms with van der Waals surface area (Å²) >= 11 is 0. The average Bonchev–Trinajstić information content (AvgIpc) is 2.29. The standard InChI is InChI=1S/C13H28N2O/c1-12(2)6-9-16-10-8-14-11-13-5-3-4-7-15-13/h12-15H,3-11H2,1-2H3. The number of hydrogen-bond donors (Lipinski definition) is 2. The Bertz CT molecular complexity index is 156. The van der Waals surface area contributed by atoms with Crippen molar-refractivity contribution in [3.8, 4) is 0 Å². The van der Waals surface area contributed by atoms with E-state index >= 15 is 0 Å². The molecule has 0 amide bonds. The van der Waals surface area contributed by atoms with Crippen LogP contribution in [0, 0.1) is 5.92 Å². The van der Waals surface area contributed by atoms with E-state index in [1.165, 1.54) is 32.2 Å². The Kier molecular flexibility index (Phi) is 7.81. The van der Waals surface area contributed by atoms with Crippen molar-refractivity contribution in [3.05, 3.63) is 0 Å². The third-order valence-corrected chi connectivity index (χ3v) is 3.07. The molecule has 0 aromatic heterocycles. The molecule has 1 aliphatic rings. The lowest BCUT2D eigenvalue weighted by Gasteiger charge is -2.23. The quantitative estimate of drug-likeness (QED) is 0.621. The van der Waals surface area contributed by atoms with Crippen molar-refractivity contribution >= 4 is 0 Å². The van der Waals surface area contributed by atoms with Crippen molar-refractivity contribution in [2.24, 2.45) is 5.92 Å². The van der Waals surface area contributed by atoms with Crippen LogP contribution in [-0.2, 0) is 4.74 Å². The molecule has 1 rings (SSSR count). The number of nitrogens with one attached hydrogen (secondary N) is 2. The molecule has 0 spiro atoms. The predicted molar refractivity (Wildman–Crippen MR) is 68.8 cm³/mol. The lowest BCUT2D eigenvalue weighted by atomic mass is 10.1. The predicted octanol–water partition coefficient (Wildman–Crippen LogP) is 1.78. The third-order valence-electron chi connectivity index (χ3n) is 3.07. The first-order valence-corrected chi connectivity index (χ1v) is 6.81. The topological polar surface area (TPSA) is 33.3 Å². The Morgan fingerprint density at radius 2 is 2.19 bits per heavy atom. The molecule has 1 unspecified atom stereocenters. The molecule has 0 radical (unpaired) electrons. The molecule has 2 N–H and O–H groups in total. The van der Waals surface area contributed by atoms with Crippen molar-refractivity contribution in [1.29, 1.82) is 0 Å². The Labute approximate surface area is 100 Å². The first-order chi connectivity index (χ1) is 7.79. The summed E-state index contributed by atoms with van der Waals surface area (Å²) in [4.78, 5) is 0. The van der Waals surface area contributed by atoms with Gasteiger partial charge in [0, 0.05) is 25.7 Å². The molecule has 1 fully saturated rings. The smallest absolute Gasteiger partial charge is 0.0590 e. The molecule has 3 heteroatoms. The Balaban J connectivity index is 1.80. The van der Waals surface area contributed by atoms with Crippen molar-refractivity contribution < 1.29 is 4.74 Å². The average molecular weight is 228 g/mol. The molecule has 0 bridgehead atoms. The highest BCUT2D eigenvalue weighted by atomic mass is 16.5. The maximum atomic E-state index is 5.55. The van der Waals surface area contributed by atoms with Gasteiger partial charge in [-0.15, -0.1) is 0 Å². The van der Waals surface area contributed by atoms with Crippen LogP contribution in [0.15, 0.2) is 0 Å². The summed E-state index contributed by atoms with van der Waals surface area (Å²) in [5.74, 6) is 0.749. The van der Waals surface area contributed by atoms with E-state index in [2.05, 4.69) is 24.5 Å². The maximum absolute atomic E-state index is 5.55. The number of rotatable bonds is 8. The van der Waals surface area contributed by atoms with E-state index in [1.807, 2.05) is 0 Å². The Morgan fingerprint density at radius 3 is 2.88 bits per heavy atom. The lowest BCUT2D eigenvalue weighted by molar-refractivity contribution is 0.124. The normalized spacial score (nSPS) is 21.6. The molecule has 3 nitrogen and oxygen atoms in total. The summed E-state index contributed by atoms with van der Waals surface area (Å²) in [6.07, 6.45) is 5.21. The maximum Gasteiger partial charge on any atom is 0.0590 e. The van der Waals surface area contributed by atoms with Crippen LogP contribution in [0.2, 0.25) is 0 Å². The minimum atomic E-state index is 0.685. The second kappa shape index (κ2) is 8.97. The van der Waals surface area contributed by atoms with E-state index in [4.69, 9.17) is 4.74 Å². The Morgan fingerprint density at radius 1 is 1.31 bits per heavy atom. The molecular weight excluding hydrogens is 200 g/mol. The molecule has 1 aliphatic heterocycles. The van der Waals surface area contributed by atoms with Gasteiger partial charge in [0.05, 0.1) is 6.61 Å². The van der Waals surface area contributed by atoms with E-state index in [0.717, 1.165) is 32.2 Å². The van der Waals surface area contributed by atoms with Gasteiger partial charge in [-0.1, -0.05) is 20.3 Å². The zero-order valence-electron chi connectivity index (χ0n) is 10.9. The highest BCUT2D eigenvalue weighted by molar-refractivity contribution is 4.73. The van der Waals surface area contributed by atoms with Crippen LogP contribution >= 0.6 is 0 Å². The van der Waals surface area contributed by atoms with Crippen LogP contribution in [0.1, 0.15) is 39.5 Å². The molecule has 0 saturated carbocycles. The summed E-state index contributed by atoms with van der Waals surface area (Å²) in [5.41, 5.74) is 0. The van der Waals surface area contributed by atoms with Gasteiger partial charge in [-0.3, -0.25) is 0 Å². The SMILES string of the molecule is CC(C)CCOCCNCC1CCCCN1. The summed E-state index contributed by atoms with van der Waals surface area (Å²) in [5, 5.41) is 6.99. The van der Waals surface area contributed by atoms with Gasteiger partial charge >= 0.3 is 0 Å². The molecular formula is C13H28N2O. The van der Waals surface area contributed by atoms with Gasteiger partial charge in [0.2, 0.25) is 0 Å². The van der Waals surface area contributed by atoms with Crippen LogP contribution in [0.5, 0.6) is 0 Å². The van der Waals surface area contributed by atoms with E-state index in [-0.39, 0.29) is 0 Å². The third kappa shape index (κ3) is 7.20. The first kappa shape index (κ1) is 13.9. The summed E-state index contributed by atoms with van der Waals surface area (Å²) < 4.78 is 5.55. The van der Waals surface area contributed by atoms with Crippen LogP contribution in [0.25, 0.3) is 0 Å². The molecule has 96 valence electrons. The van der Waals surface area contributed by atoms with E-state index in [9.17, 15) is 0 Å². The first-order valence-electron chi connectivity index (χ1n) is 6.81. The fraction of sp³-hybridized carbons (Fsp3) is 1.00. The molecule has 1 heterocycles. The monoisotopic (exact) mass is 228 g/mol. The fourth-order valence-corrected chi connectivity index (χ4v) is 1.94. The van der Waals surface area contributed by atoms with E-state index in [0.29, 0.717) is 6.04 Å². The van der Waals surface area contributed by atoms with Gasteiger partial charge in [0.1, 0.15) is 0 Å². The van der Waals surface area contributed by atoms with Gasteiger partial charge in [-0.25, -0.2) is 0 Å². The number of ether oxygens (including phenoxy) is 1. The van der Waals surface area contributed by atoms with Gasteiger partial charge in [0.15, 0.2) is 0 Å². The lowest BCUT2D eigenvalue weighted by Crippen LogP contribution is -2.42. The van der Waals surface area contributed by atoms with Crippen LogP contribution in [-0.4, -0.2) is 38.9 Å². The summed E-state index contributed by atoms with van der Waals surface area (Å²) in [6, 6.07) is 0.685. The van der Waals surface area contributed by atoms with Gasteiger partial charge in [-0.2, -0.15) is 0 Å². The highest BCUT2D eigenvalue weighted by Gasteiger charge is 2.10. The fourth-order valence-electron chi connectivity index (χ4n) is 1.94. The summed E-state index contributed by atoms with van der Waals surface area (Å²) in [7, 11) is 0. The van der Waals surface area contributed by atoms with Crippen LogP contribution in [0.3, 0.4) is 0 Å². The molecule has 0 aromatic carbocycles. The van der Waals surface area contributed by atoms with Gasteiger partial charge in [0.25, 0.3) is 0 Å². The largest absolute Gasteiger partial charge is 0.380 e. The van der Waals surface area contributed by atoms with Crippen molar-refractivity contribution in [1.82, 2.24) is 10.6 Å². The number of piperidine rings is 1.